The number of tetrazole rings is 1. The third kappa shape index (κ3) is 2.59. The first kappa shape index (κ1) is 13.6. The molecule has 1 aromatic heterocycles. The monoisotopic (exact) mass is 345 g/mol. The number of anilines is 1. The van der Waals surface area contributed by atoms with Gasteiger partial charge in [0.05, 0.1) is 18.5 Å². The molecule has 7 heteroatoms. The lowest BCUT2D eigenvalue weighted by molar-refractivity contribution is 0.417. The zero-order valence-corrected chi connectivity index (χ0v) is 12.8. The van der Waals surface area contributed by atoms with Gasteiger partial charge in [-0.3, -0.25) is 0 Å². The molecule has 0 amide bonds. The van der Waals surface area contributed by atoms with Crippen LogP contribution in [-0.2, 0) is 0 Å². The average molecular weight is 346 g/mol. The lowest BCUT2D eigenvalue weighted by atomic mass is 10.1. The molecule has 0 radical (unpaired) electrons. The number of methoxy groups -OCH3 is 1. The maximum absolute atomic E-state index is 5.83. The first-order chi connectivity index (χ1) is 10.2. The Labute approximate surface area is 129 Å². The maximum atomic E-state index is 5.83. The van der Waals surface area contributed by atoms with Crippen LogP contribution in [0.1, 0.15) is 0 Å². The minimum absolute atomic E-state index is 0.572. The molecule has 0 saturated heterocycles. The Bertz CT molecular complexity index is 787. The Morgan fingerprint density at radius 1 is 1.19 bits per heavy atom. The Kier molecular flexibility index (Phi) is 3.57. The molecule has 0 saturated carbocycles. The molecule has 2 N–H and O–H groups in total. The van der Waals surface area contributed by atoms with Crippen molar-refractivity contribution in [2.24, 2.45) is 0 Å². The molecule has 1 heterocycles. The van der Waals surface area contributed by atoms with Gasteiger partial charge in [0.1, 0.15) is 5.75 Å². The zero-order valence-electron chi connectivity index (χ0n) is 11.2. The first-order valence-corrected chi connectivity index (χ1v) is 6.96. The van der Waals surface area contributed by atoms with Crippen LogP contribution in [0.25, 0.3) is 17.1 Å². The van der Waals surface area contributed by atoms with Crippen LogP contribution in [0.3, 0.4) is 0 Å². The van der Waals surface area contributed by atoms with E-state index in [1.54, 1.807) is 17.9 Å². The Morgan fingerprint density at radius 2 is 2.05 bits per heavy atom. The molecule has 0 atom stereocenters. The third-order valence-electron chi connectivity index (χ3n) is 3.01. The second-order valence-electron chi connectivity index (χ2n) is 4.35. The van der Waals surface area contributed by atoms with Gasteiger partial charge in [-0.1, -0.05) is 22.0 Å². The number of benzene rings is 2. The summed E-state index contributed by atoms with van der Waals surface area (Å²) >= 11 is 3.44. The number of rotatable bonds is 3. The number of hydrogen-bond donors (Lipinski definition) is 1. The molecule has 0 aliphatic heterocycles. The van der Waals surface area contributed by atoms with Crippen molar-refractivity contribution in [1.29, 1.82) is 0 Å². The van der Waals surface area contributed by atoms with Gasteiger partial charge in [0.2, 0.25) is 0 Å². The van der Waals surface area contributed by atoms with Gasteiger partial charge in [-0.05, 0) is 46.8 Å². The normalized spacial score (nSPS) is 10.6. The number of nitrogens with zero attached hydrogens (tertiary/aromatic N) is 4. The molecule has 0 aliphatic carbocycles. The highest BCUT2D eigenvalue weighted by atomic mass is 79.9. The number of halogens is 1. The summed E-state index contributed by atoms with van der Waals surface area (Å²) in [6, 6.07) is 13.2. The summed E-state index contributed by atoms with van der Waals surface area (Å²) in [5.74, 6) is 1.21. The molecule has 0 fully saturated rings. The van der Waals surface area contributed by atoms with Crippen LogP contribution >= 0.6 is 15.9 Å². The van der Waals surface area contributed by atoms with Crippen molar-refractivity contribution in [2.75, 3.05) is 12.8 Å². The van der Waals surface area contributed by atoms with Crippen LogP contribution in [0.15, 0.2) is 46.9 Å². The molecule has 0 aliphatic rings. The topological polar surface area (TPSA) is 78.9 Å². The largest absolute Gasteiger partial charge is 0.495 e. The highest BCUT2D eigenvalue weighted by Gasteiger charge is 2.12. The van der Waals surface area contributed by atoms with Gasteiger partial charge in [0, 0.05) is 10.0 Å². The molecular weight excluding hydrogens is 334 g/mol. The van der Waals surface area contributed by atoms with Crippen LogP contribution in [0.4, 0.5) is 5.69 Å². The minimum atomic E-state index is 0.572. The van der Waals surface area contributed by atoms with E-state index < -0.39 is 0 Å². The summed E-state index contributed by atoms with van der Waals surface area (Å²) in [7, 11) is 1.58. The number of nitrogens with two attached hydrogens (primary N) is 1. The predicted octanol–water partition coefficient (Wildman–Crippen LogP) is 2.68. The van der Waals surface area contributed by atoms with Crippen molar-refractivity contribution in [3.63, 3.8) is 0 Å². The van der Waals surface area contributed by atoms with Gasteiger partial charge in [-0.25, -0.2) is 0 Å². The van der Waals surface area contributed by atoms with Crippen molar-refractivity contribution >= 4 is 21.6 Å². The van der Waals surface area contributed by atoms with E-state index in [0.717, 1.165) is 15.7 Å². The van der Waals surface area contributed by atoms with E-state index in [-0.39, 0.29) is 0 Å². The Morgan fingerprint density at radius 3 is 2.81 bits per heavy atom. The molecule has 0 unspecified atom stereocenters. The van der Waals surface area contributed by atoms with Gasteiger partial charge in [0.25, 0.3) is 0 Å². The van der Waals surface area contributed by atoms with Gasteiger partial charge < -0.3 is 10.5 Å². The number of aromatic nitrogens is 4. The fraction of sp³-hybridized carbons (Fsp3) is 0.0714. The van der Waals surface area contributed by atoms with Crippen molar-refractivity contribution in [3.8, 4) is 22.8 Å². The van der Waals surface area contributed by atoms with Gasteiger partial charge in [-0.2, -0.15) is 4.68 Å². The third-order valence-corrected chi connectivity index (χ3v) is 3.51. The molecule has 0 bridgehead atoms. The molecule has 6 nitrogen and oxygen atoms in total. The zero-order chi connectivity index (χ0) is 14.8. The smallest absolute Gasteiger partial charge is 0.187 e. The average Bonchev–Trinajstić information content (AvgIpc) is 2.97. The van der Waals surface area contributed by atoms with E-state index in [0.29, 0.717) is 17.3 Å². The Hall–Kier alpha value is -2.41. The first-order valence-electron chi connectivity index (χ1n) is 6.17. The lowest BCUT2D eigenvalue weighted by Crippen LogP contribution is -2.00. The summed E-state index contributed by atoms with van der Waals surface area (Å²) in [6.45, 7) is 0. The summed E-state index contributed by atoms with van der Waals surface area (Å²) in [6.07, 6.45) is 0. The van der Waals surface area contributed by atoms with Gasteiger partial charge in [0.15, 0.2) is 5.82 Å². The van der Waals surface area contributed by atoms with E-state index in [1.165, 1.54) is 0 Å². The highest BCUT2D eigenvalue weighted by Crippen LogP contribution is 2.28. The highest BCUT2D eigenvalue weighted by molar-refractivity contribution is 9.10. The van der Waals surface area contributed by atoms with Crippen molar-refractivity contribution in [3.05, 3.63) is 46.9 Å². The number of nitrogen functional groups attached to an aromatic ring is 1. The van der Waals surface area contributed by atoms with Crippen molar-refractivity contribution in [1.82, 2.24) is 20.2 Å². The van der Waals surface area contributed by atoms with Crippen LogP contribution < -0.4 is 10.5 Å². The van der Waals surface area contributed by atoms with E-state index in [4.69, 9.17) is 10.5 Å². The standard InChI is InChI=1S/C14H12BrN5O/c1-21-13-7-9(5-6-12(13)16)14-17-18-19-20(14)11-4-2-3-10(15)8-11/h2-8H,16H2,1H3. The van der Waals surface area contributed by atoms with Crippen molar-refractivity contribution in [2.45, 2.75) is 0 Å². The molecule has 3 rings (SSSR count). The SMILES string of the molecule is COc1cc(-c2nnnn2-c2cccc(Br)c2)ccc1N. The molecular formula is C14H12BrN5O. The predicted molar refractivity (Wildman–Crippen MR) is 83.3 cm³/mol. The number of hydrogen-bond acceptors (Lipinski definition) is 5. The minimum Gasteiger partial charge on any atom is -0.495 e. The van der Waals surface area contributed by atoms with Crippen LogP contribution in [0.5, 0.6) is 5.75 Å². The summed E-state index contributed by atoms with van der Waals surface area (Å²) in [4.78, 5) is 0. The van der Waals surface area contributed by atoms with Crippen molar-refractivity contribution < 1.29 is 4.74 Å². The summed E-state index contributed by atoms with van der Waals surface area (Å²) in [5.41, 5.74) is 8.09. The van der Waals surface area contributed by atoms with Gasteiger partial charge in [-0.15, -0.1) is 5.10 Å². The second-order valence-corrected chi connectivity index (χ2v) is 5.27. The quantitative estimate of drug-likeness (QED) is 0.738. The van der Waals surface area contributed by atoms with Gasteiger partial charge >= 0.3 is 0 Å². The number of ether oxygens (including phenoxy) is 1. The lowest BCUT2D eigenvalue weighted by Gasteiger charge is -2.08. The van der Waals surface area contributed by atoms with Crippen LogP contribution in [0, 0.1) is 0 Å². The van der Waals surface area contributed by atoms with E-state index in [9.17, 15) is 0 Å². The fourth-order valence-electron chi connectivity index (χ4n) is 2.00. The second kappa shape index (κ2) is 5.53. The Balaban J connectivity index is 2.11. The molecule has 3 aromatic rings. The summed E-state index contributed by atoms with van der Waals surface area (Å²) < 4.78 is 7.86. The van der Waals surface area contributed by atoms with Crippen LogP contribution in [0.2, 0.25) is 0 Å². The van der Waals surface area contributed by atoms with E-state index >= 15 is 0 Å². The molecule has 21 heavy (non-hydrogen) atoms. The van der Waals surface area contributed by atoms with Crippen LogP contribution in [-0.4, -0.2) is 27.3 Å². The molecule has 2 aromatic carbocycles. The maximum Gasteiger partial charge on any atom is 0.187 e. The molecule has 106 valence electrons. The fourth-order valence-corrected chi connectivity index (χ4v) is 2.39. The van der Waals surface area contributed by atoms with E-state index in [1.807, 2.05) is 36.4 Å². The van der Waals surface area contributed by atoms with E-state index in [2.05, 4.69) is 31.5 Å². The molecule has 0 spiro atoms. The summed E-state index contributed by atoms with van der Waals surface area (Å²) in [5, 5.41) is 11.9.